The Labute approximate surface area is 346 Å². The van der Waals surface area contributed by atoms with Crippen LogP contribution in [0.3, 0.4) is 0 Å². The van der Waals surface area contributed by atoms with Gasteiger partial charge in [0.05, 0.1) is 23.9 Å². The number of fused-ring (bicyclic) bond motifs is 1. The van der Waals surface area contributed by atoms with E-state index in [1.807, 2.05) is 71.8 Å². The zero-order chi connectivity index (χ0) is 41.2. The van der Waals surface area contributed by atoms with Crippen LogP contribution in [0.25, 0.3) is 0 Å². The summed E-state index contributed by atoms with van der Waals surface area (Å²) < 4.78 is 45.7. The average molecular weight is 826 g/mol. The Balaban J connectivity index is 1.17. The normalized spacial score (nSPS) is 20.6. The first kappa shape index (κ1) is 43.6. The number of hydroxylamine groups is 2. The Kier molecular flexibility index (Phi) is 14.9. The number of esters is 1. The number of hydrogen-bond donors (Lipinski definition) is 0. The summed E-state index contributed by atoms with van der Waals surface area (Å²) in [6.45, 7) is 9.17. The van der Waals surface area contributed by atoms with Crippen LogP contribution in [0.5, 0.6) is 0 Å². The number of piperidine rings is 1. The third kappa shape index (κ3) is 10.6. The fraction of sp³-hybridized carbons (Fsp3) is 0.447. The zero-order valence-electron chi connectivity index (χ0n) is 34.3. The second-order valence-electron chi connectivity index (χ2n) is 16.6. The van der Waals surface area contributed by atoms with Gasteiger partial charge < -0.3 is 13.9 Å². The highest BCUT2D eigenvalue weighted by molar-refractivity contribution is 7.91. The predicted molar refractivity (Wildman–Crippen MR) is 229 cm³/mol. The number of hydrogen-bond acceptors (Lipinski definition) is 9. The van der Waals surface area contributed by atoms with E-state index in [0.29, 0.717) is 43.8 Å². The highest BCUT2D eigenvalue weighted by atomic mass is 32.2. The van der Waals surface area contributed by atoms with E-state index in [2.05, 4.69) is 45.0 Å². The van der Waals surface area contributed by atoms with E-state index in [0.717, 1.165) is 28.8 Å². The lowest BCUT2D eigenvalue weighted by Gasteiger charge is -2.44. The number of Topliss-reactive ketones (excluding diaryl/α,β-unsaturated/α-hetero) is 1. The van der Waals surface area contributed by atoms with Crippen molar-refractivity contribution in [3.05, 3.63) is 127 Å². The number of carbonyl (C=O) groups is 2. The fourth-order valence-corrected chi connectivity index (χ4v) is 14.9. The molecule has 0 radical (unpaired) electrons. The van der Waals surface area contributed by atoms with Crippen LogP contribution < -0.4 is 10.4 Å². The molecule has 6 rings (SSSR count). The first-order valence-electron chi connectivity index (χ1n) is 20.7. The van der Waals surface area contributed by atoms with Gasteiger partial charge in [-0.15, -0.1) is 0 Å². The maximum absolute atomic E-state index is 14.1. The average Bonchev–Trinajstić information content (AvgIpc) is 3.67. The molecule has 0 unspecified atom stereocenters. The van der Waals surface area contributed by atoms with Gasteiger partial charge >= 0.3 is 5.97 Å². The summed E-state index contributed by atoms with van der Waals surface area (Å²) >= 11 is 0. The van der Waals surface area contributed by atoms with E-state index < -0.39 is 30.4 Å². The van der Waals surface area contributed by atoms with Crippen LogP contribution in [-0.4, -0.2) is 76.8 Å². The summed E-state index contributed by atoms with van der Waals surface area (Å²) in [6, 6.07) is 38.9. The lowest BCUT2D eigenvalue weighted by Crippen LogP contribution is -2.66. The Morgan fingerprint density at radius 3 is 2.00 bits per heavy atom. The molecule has 0 saturated carbocycles. The number of benzene rings is 4. The molecule has 0 aliphatic carbocycles. The van der Waals surface area contributed by atoms with E-state index >= 15 is 0 Å². The molecule has 0 aromatic heterocycles. The fourth-order valence-electron chi connectivity index (χ4n) is 8.95. The smallest absolute Gasteiger partial charge is 0.302 e. The van der Waals surface area contributed by atoms with Gasteiger partial charge in [-0.3, -0.25) is 14.4 Å². The van der Waals surface area contributed by atoms with Crippen molar-refractivity contribution in [2.45, 2.75) is 113 Å². The molecule has 9 nitrogen and oxygen atoms in total. The maximum atomic E-state index is 14.1. The molecule has 2 heterocycles. The first-order valence-corrected chi connectivity index (χ1v) is 24.2. The highest BCUT2D eigenvalue weighted by Gasteiger charge is 2.51. The predicted octanol–water partition coefficient (Wildman–Crippen LogP) is 7.47. The Bertz CT molecular complexity index is 1970. The van der Waals surface area contributed by atoms with Crippen LogP contribution in [0.4, 0.5) is 0 Å². The van der Waals surface area contributed by atoms with Crippen molar-refractivity contribution in [2.75, 3.05) is 19.0 Å². The molecule has 310 valence electrons. The van der Waals surface area contributed by atoms with Gasteiger partial charge in [0.25, 0.3) is 8.32 Å². The number of rotatable bonds is 19. The van der Waals surface area contributed by atoms with Crippen LogP contribution in [0.15, 0.2) is 126 Å². The molecule has 4 aromatic carbocycles. The van der Waals surface area contributed by atoms with Gasteiger partial charge in [-0.1, -0.05) is 130 Å². The quantitative estimate of drug-likeness (QED) is 0.0541. The standard InChI is InChI=1S/C47H59NO8SSi/c1-36(49)55-45(30-31-53-35-37-18-9-5-10-19-37)42-28-27-38-34-46(56-48(38)43(42)26-17-33-57(51,52)39-20-11-6-12-21-39)44(50)29-32-54-58(47(2,3)4,40-22-13-7-14-23-40)41-24-15-8-16-25-41/h5-16,18-25,38,42-43,45-46H,17,26-35H2,1-4H3/t38-,42+,43+,45-,46+/m0/s1. The van der Waals surface area contributed by atoms with Crippen LogP contribution >= 0.6 is 0 Å². The summed E-state index contributed by atoms with van der Waals surface area (Å²) in [4.78, 5) is 33.5. The third-order valence-electron chi connectivity index (χ3n) is 11.7. The van der Waals surface area contributed by atoms with Crippen LogP contribution in [0.2, 0.25) is 5.04 Å². The Morgan fingerprint density at radius 2 is 1.41 bits per heavy atom. The molecule has 0 amide bonds. The van der Waals surface area contributed by atoms with Crippen molar-refractivity contribution in [3.8, 4) is 0 Å². The van der Waals surface area contributed by atoms with Gasteiger partial charge in [0.1, 0.15) is 12.2 Å². The van der Waals surface area contributed by atoms with E-state index in [-0.39, 0.29) is 53.6 Å². The van der Waals surface area contributed by atoms with Crippen molar-refractivity contribution < 1.29 is 36.7 Å². The maximum Gasteiger partial charge on any atom is 0.302 e. The molecule has 2 aliphatic heterocycles. The van der Waals surface area contributed by atoms with Gasteiger partial charge in [0.15, 0.2) is 15.6 Å². The molecule has 11 heteroatoms. The molecule has 5 atom stereocenters. The molecule has 58 heavy (non-hydrogen) atoms. The number of ether oxygens (including phenoxy) is 2. The van der Waals surface area contributed by atoms with E-state index in [4.69, 9.17) is 18.7 Å². The molecular formula is C47H59NO8SSi. The Hall–Kier alpha value is -3.97. The van der Waals surface area contributed by atoms with Crippen molar-refractivity contribution in [3.63, 3.8) is 0 Å². The first-order chi connectivity index (χ1) is 27.9. The minimum Gasteiger partial charge on any atom is -0.462 e. The summed E-state index contributed by atoms with van der Waals surface area (Å²) in [5, 5.41) is 4.05. The van der Waals surface area contributed by atoms with E-state index in [1.165, 1.54) is 6.92 Å². The van der Waals surface area contributed by atoms with Crippen LogP contribution in [-0.2, 0) is 44.8 Å². The van der Waals surface area contributed by atoms with Crippen LogP contribution in [0, 0.1) is 5.92 Å². The summed E-state index contributed by atoms with van der Waals surface area (Å²) in [5.74, 6) is -0.566. The van der Waals surface area contributed by atoms with Crippen molar-refractivity contribution >= 4 is 40.3 Å². The topological polar surface area (TPSA) is 108 Å². The van der Waals surface area contributed by atoms with Crippen LogP contribution in [0.1, 0.15) is 78.2 Å². The minimum atomic E-state index is -3.51. The van der Waals surface area contributed by atoms with Gasteiger partial charge in [0, 0.05) is 50.8 Å². The lowest BCUT2D eigenvalue weighted by atomic mass is 9.79. The van der Waals surface area contributed by atoms with Crippen molar-refractivity contribution in [1.82, 2.24) is 5.06 Å². The summed E-state index contributed by atoms with van der Waals surface area (Å²) in [7, 11) is -6.34. The molecule has 2 saturated heterocycles. The lowest BCUT2D eigenvalue weighted by molar-refractivity contribution is -0.224. The van der Waals surface area contributed by atoms with E-state index in [9.17, 15) is 18.0 Å². The molecule has 0 spiro atoms. The van der Waals surface area contributed by atoms with Gasteiger partial charge in [0.2, 0.25) is 0 Å². The number of carbonyl (C=O) groups excluding carboxylic acids is 2. The van der Waals surface area contributed by atoms with Gasteiger partial charge in [-0.2, -0.15) is 5.06 Å². The number of ketones is 1. The second-order valence-corrected chi connectivity index (χ2v) is 23.0. The Morgan fingerprint density at radius 1 is 0.828 bits per heavy atom. The largest absolute Gasteiger partial charge is 0.462 e. The second kappa shape index (κ2) is 19.9. The summed E-state index contributed by atoms with van der Waals surface area (Å²) in [5.41, 5.74) is 1.06. The van der Waals surface area contributed by atoms with E-state index in [1.54, 1.807) is 30.3 Å². The zero-order valence-corrected chi connectivity index (χ0v) is 36.1. The minimum absolute atomic E-state index is 0.0138. The molecule has 4 aromatic rings. The molecule has 0 N–H and O–H groups in total. The molecular weight excluding hydrogens is 767 g/mol. The SMILES string of the molecule is CC(=O)O[C@@H](CCOCc1ccccc1)[C@@H]1CC[C@H]2C[C@H](C(=O)CCO[Si](c3ccccc3)(c3ccccc3)C(C)(C)C)ON2[C@@H]1CCCS(=O)(=O)c1ccccc1. The third-order valence-corrected chi connectivity index (χ3v) is 18.5. The summed E-state index contributed by atoms with van der Waals surface area (Å²) in [6.07, 6.45) is 2.49. The van der Waals surface area contributed by atoms with Gasteiger partial charge in [-0.25, -0.2) is 8.42 Å². The number of nitrogens with zero attached hydrogens (tertiary/aromatic N) is 1. The highest BCUT2D eigenvalue weighted by Crippen LogP contribution is 2.42. The number of sulfone groups is 1. The van der Waals surface area contributed by atoms with Crippen molar-refractivity contribution in [1.29, 1.82) is 0 Å². The monoisotopic (exact) mass is 825 g/mol. The molecule has 0 bridgehead atoms. The molecule has 2 aliphatic rings. The van der Waals surface area contributed by atoms with Crippen molar-refractivity contribution in [2.24, 2.45) is 5.92 Å². The van der Waals surface area contributed by atoms with Gasteiger partial charge in [-0.05, 0) is 58.8 Å². The molecule has 2 fully saturated rings.